The lowest BCUT2D eigenvalue weighted by atomic mass is 10.2. The van der Waals surface area contributed by atoms with E-state index in [1.54, 1.807) is 62.4 Å². The third kappa shape index (κ3) is 5.18. The maximum atomic E-state index is 12.2. The number of carbonyl (C=O) groups is 2. The minimum Gasteiger partial charge on any atom is -0.493 e. The molecule has 0 unspecified atom stereocenters. The van der Waals surface area contributed by atoms with Gasteiger partial charge in [-0.25, -0.2) is 4.79 Å². The second-order valence-electron chi connectivity index (χ2n) is 6.53. The van der Waals surface area contributed by atoms with Crippen molar-refractivity contribution in [3.63, 3.8) is 0 Å². The Hall–Kier alpha value is -3.25. The lowest BCUT2D eigenvalue weighted by Crippen LogP contribution is -2.12. The van der Waals surface area contributed by atoms with Crippen molar-refractivity contribution in [2.75, 3.05) is 12.4 Å². The topological polar surface area (TPSA) is 77.8 Å². The van der Waals surface area contributed by atoms with Crippen LogP contribution in [0.25, 0.3) is 17.0 Å². The maximum absolute atomic E-state index is 12.2. The van der Waals surface area contributed by atoms with Crippen LogP contribution in [0.15, 0.2) is 53.0 Å². The highest BCUT2D eigenvalue weighted by molar-refractivity contribution is 6.31. The van der Waals surface area contributed by atoms with E-state index in [0.29, 0.717) is 33.4 Å². The monoisotopic (exact) mass is 413 g/mol. The molecule has 0 spiro atoms. The largest absolute Gasteiger partial charge is 0.493 e. The highest BCUT2D eigenvalue weighted by Crippen LogP contribution is 2.32. The number of halogens is 1. The van der Waals surface area contributed by atoms with Crippen LogP contribution in [-0.2, 0) is 9.53 Å². The van der Waals surface area contributed by atoms with Gasteiger partial charge in [0, 0.05) is 28.2 Å². The molecule has 1 aromatic heterocycles. The van der Waals surface area contributed by atoms with E-state index >= 15 is 0 Å². The Bertz CT molecular complexity index is 1070. The second kappa shape index (κ2) is 8.84. The van der Waals surface area contributed by atoms with Crippen LogP contribution in [0.2, 0.25) is 5.02 Å². The number of carbonyl (C=O) groups excluding carboxylic acids is 2. The minimum absolute atomic E-state index is 0.193. The third-order valence-corrected chi connectivity index (χ3v) is 4.13. The molecule has 0 aliphatic rings. The first kappa shape index (κ1) is 20.5. The molecule has 29 heavy (non-hydrogen) atoms. The van der Waals surface area contributed by atoms with E-state index < -0.39 is 5.97 Å². The Labute approximate surface area is 173 Å². The van der Waals surface area contributed by atoms with Crippen molar-refractivity contribution < 1.29 is 23.5 Å². The molecule has 7 heteroatoms. The fraction of sp³-hybridized carbons (Fsp3) is 0.182. The number of nitrogens with one attached hydrogen (secondary N) is 1. The quantitative estimate of drug-likeness (QED) is 0.437. The molecular formula is C22H20ClNO5. The Kier molecular flexibility index (Phi) is 6.24. The van der Waals surface area contributed by atoms with E-state index in [2.05, 4.69) is 5.32 Å². The van der Waals surface area contributed by atoms with Crippen LogP contribution < -0.4 is 10.1 Å². The first-order valence-electron chi connectivity index (χ1n) is 8.93. The molecule has 0 saturated carbocycles. The normalized spacial score (nSPS) is 11.2. The molecule has 2 aromatic carbocycles. The van der Waals surface area contributed by atoms with Gasteiger partial charge in [-0.1, -0.05) is 11.6 Å². The SMILES string of the molecule is COc1cc(Cl)cc2cc(C=CC(=O)Nc3ccc(C(=O)OC(C)C)cc3)oc12. The molecule has 0 atom stereocenters. The summed E-state index contributed by atoms with van der Waals surface area (Å²) in [5.41, 5.74) is 1.53. The van der Waals surface area contributed by atoms with E-state index in [9.17, 15) is 9.59 Å². The second-order valence-corrected chi connectivity index (χ2v) is 6.97. The van der Waals surface area contributed by atoms with Crippen molar-refractivity contribution >= 4 is 46.2 Å². The van der Waals surface area contributed by atoms with Gasteiger partial charge in [-0.05, 0) is 56.3 Å². The van der Waals surface area contributed by atoms with Gasteiger partial charge in [0.25, 0.3) is 0 Å². The summed E-state index contributed by atoms with van der Waals surface area (Å²) in [6, 6.07) is 11.6. The van der Waals surface area contributed by atoms with E-state index in [1.165, 1.54) is 13.2 Å². The summed E-state index contributed by atoms with van der Waals surface area (Å²) in [6.45, 7) is 3.57. The highest BCUT2D eigenvalue weighted by atomic mass is 35.5. The lowest BCUT2D eigenvalue weighted by molar-refractivity contribution is -0.111. The Morgan fingerprint density at radius 3 is 2.52 bits per heavy atom. The van der Waals surface area contributed by atoms with Crippen molar-refractivity contribution in [1.29, 1.82) is 0 Å². The maximum Gasteiger partial charge on any atom is 0.338 e. The predicted octanol–water partition coefficient (Wildman–Crippen LogP) is 5.31. The number of esters is 1. The van der Waals surface area contributed by atoms with E-state index in [-0.39, 0.29) is 12.0 Å². The van der Waals surface area contributed by atoms with Crippen molar-refractivity contribution in [1.82, 2.24) is 0 Å². The number of hydrogen-bond donors (Lipinski definition) is 1. The zero-order valence-corrected chi connectivity index (χ0v) is 16.9. The van der Waals surface area contributed by atoms with Gasteiger partial charge in [-0.2, -0.15) is 0 Å². The van der Waals surface area contributed by atoms with Gasteiger partial charge in [-0.15, -0.1) is 0 Å². The molecule has 0 bridgehead atoms. The summed E-state index contributed by atoms with van der Waals surface area (Å²) in [6.07, 6.45) is 2.71. The molecule has 1 heterocycles. The number of benzene rings is 2. The van der Waals surface area contributed by atoms with Gasteiger partial charge < -0.3 is 19.2 Å². The van der Waals surface area contributed by atoms with Crippen LogP contribution in [0.4, 0.5) is 5.69 Å². The molecule has 0 radical (unpaired) electrons. The Morgan fingerprint density at radius 1 is 1.14 bits per heavy atom. The van der Waals surface area contributed by atoms with Crippen LogP contribution in [0.1, 0.15) is 30.0 Å². The van der Waals surface area contributed by atoms with Gasteiger partial charge in [0.2, 0.25) is 5.91 Å². The predicted molar refractivity (Wildman–Crippen MR) is 112 cm³/mol. The number of ether oxygens (including phenoxy) is 2. The molecular weight excluding hydrogens is 394 g/mol. The van der Waals surface area contributed by atoms with Gasteiger partial charge >= 0.3 is 5.97 Å². The summed E-state index contributed by atoms with van der Waals surface area (Å²) in [7, 11) is 1.53. The Balaban J connectivity index is 1.67. The number of hydrogen-bond acceptors (Lipinski definition) is 5. The molecule has 3 rings (SSSR count). The number of fused-ring (bicyclic) bond motifs is 1. The molecule has 1 N–H and O–H groups in total. The van der Waals surface area contributed by atoms with E-state index in [1.807, 2.05) is 0 Å². The van der Waals surface area contributed by atoms with Gasteiger partial charge in [0.15, 0.2) is 11.3 Å². The average Bonchev–Trinajstić information content (AvgIpc) is 3.08. The summed E-state index contributed by atoms with van der Waals surface area (Å²) >= 11 is 6.05. The van der Waals surface area contributed by atoms with E-state index in [4.69, 9.17) is 25.5 Å². The molecule has 1 amide bonds. The molecule has 6 nitrogen and oxygen atoms in total. The smallest absolute Gasteiger partial charge is 0.338 e. The summed E-state index contributed by atoms with van der Waals surface area (Å²) in [4.78, 5) is 24.0. The summed E-state index contributed by atoms with van der Waals surface area (Å²) in [5, 5.41) is 4.03. The molecule has 0 saturated heterocycles. The number of methoxy groups -OCH3 is 1. The van der Waals surface area contributed by atoms with E-state index in [0.717, 1.165) is 5.39 Å². The average molecular weight is 414 g/mol. The summed E-state index contributed by atoms with van der Waals surface area (Å²) < 4.78 is 16.1. The molecule has 0 fully saturated rings. The van der Waals surface area contributed by atoms with Crippen LogP contribution in [-0.4, -0.2) is 25.1 Å². The van der Waals surface area contributed by atoms with Crippen molar-refractivity contribution in [3.8, 4) is 5.75 Å². The van der Waals surface area contributed by atoms with Crippen molar-refractivity contribution in [3.05, 3.63) is 64.9 Å². The minimum atomic E-state index is -0.404. The van der Waals surface area contributed by atoms with Gasteiger partial charge in [-0.3, -0.25) is 4.79 Å². The standard InChI is InChI=1S/C22H20ClNO5/c1-13(2)28-22(26)14-4-6-17(7-5-14)24-20(25)9-8-18-11-15-10-16(23)12-19(27-3)21(15)29-18/h4-13H,1-3H3,(H,24,25). The van der Waals surface area contributed by atoms with Crippen molar-refractivity contribution in [2.45, 2.75) is 20.0 Å². The fourth-order valence-corrected chi connectivity index (χ4v) is 2.87. The highest BCUT2D eigenvalue weighted by Gasteiger charge is 2.11. The zero-order chi connectivity index (χ0) is 21.0. The first-order valence-corrected chi connectivity index (χ1v) is 9.30. The summed E-state index contributed by atoms with van der Waals surface area (Å²) in [5.74, 6) is 0.265. The van der Waals surface area contributed by atoms with Crippen LogP contribution in [0, 0.1) is 0 Å². The number of anilines is 1. The molecule has 3 aromatic rings. The molecule has 0 aliphatic heterocycles. The zero-order valence-electron chi connectivity index (χ0n) is 16.2. The lowest BCUT2D eigenvalue weighted by Gasteiger charge is -2.08. The van der Waals surface area contributed by atoms with Gasteiger partial charge in [0.1, 0.15) is 5.76 Å². The first-order chi connectivity index (χ1) is 13.9. The van der Waals surface area contributed by atoms with Gasteiger partial charge in [0.05, 0.1) is 18.8 Å². The van der Waals surface area contributed by atoms with Crippen molar-refractivity contribution in [2.24, 2.45) is 0 Å². The molecule has 0 aliphatic carbocycles. The van der Waals surface area contributed by atoms with Crippen LogP contribution >= 0.6 is 11.6 Å². The number of furan rings is 1. The number of rotatable bonds is 6. The number of amides is 1. The van der Waals surface area contributed by atoms with Crippen LogP contribution in [0.3, 0.4) is 0 Å². The van der Waals surface area contributed by atoms with Crippen LogP contribution in [0.5, 0.6) is 5.75 Å². The third-order valence-electron chi connectivity index (χ3n) is 3.92. The molecule has 150 valence electrons. The Morgan fingerprint density at radius 2 is 1.86 bits per heavy atom. The fourth-order valence-electron chi connectivity index (χ4n) is 2.65.